The topological polar surface area (TPSA) is 54.3 Å². The molecule has 4 heterocycles. The molecule has 5 rings (SSSR count). The Labute approximate surface area is 183 Å². The van der Waals surface area contributed by atoms with Crippen LogP contribution in [0.2, 0.25) is 0 Å². The molecule has 0 saturated carbocycles. The van der Waals surface area contributed by atoms with E-state index in [-0.39, 0.29) is 11.9 Å². The number of aromatic nitrogens is 3. The molecular formula is C25H31N5O. The summed E-state index contributed by atoms with van der Waals surface area (Å²) in [5.74, 6) is 0.655. The molecular weight excluding hydrogens is 386 g/mol. The minimum Gasteiger partial charge on any atom is -0.341 e. The van der Waals surface area contributed by atoms with Crippen molar-refractivity contribution in [2.75, 3.05) is 26.2 Å². The van der Waals surface area contributed by atoms with Gasteiger partial charge in [0, 0.05) is 37.1 Å². The molecule has 162 valence electrons. The van der Waals surface area contributed by atoms with Gasteiger partial charge in [0.05, 0.1) is 5.69 Å². The monoisotopic (exact) mass is 417 g/mol. The average molecular weight is 418 g/mol. The van der Waals surface area contributed by atoms with E-state index in [2.05, 4.69) is 39.2 Å². The van der Waals surface area contributed by atoms with Crippen LogP contribution in [0.4, 0.5) is 0 Å². The van der Waals surface area contributed by atoms with Gasteiger partial charge in [0.25, 0.3) is 0 Å². The number of piperidine rings is 1. The van der Waals surface area contributed by atoms with Gasteiger partial charge >= 0.3 is 0 Å². The van der Waals surface area contributed by atoms with Gasteiger partial charge in [-0.25, -0.2) is 4.98 Å². The van der Waals surface area contributed by atoms with Gasteiger partial charge in [-0.05, 0) is 63.4 Å². The molecule has 2 aliphatic rings. The lowest BCUT2D eigenvalue weighted by Gasteiger charge is -2.36. The van der Waals surface area contributed by atoms with Crippen molar-refractivity contribution in [1.82, 2.24) is 24.6 Å². The summed E-state index contributed by atoms with van der Waals surface area (Å²) in [4.78, 5) is 23.0. The third kappa shape index (κ3) is 3.85. The Morgan fingerprint density at radius 3 is 2.42 bits per heavy atom. The van der Waals surface area contributed by atoms with E-state index in [0.29, 0.717) is 5.92 Å². The van der Waals surface area contributed by atoms with Crippen molar-refractivity contribution in [3.05, 3.63) is 59.4 Å². The summed E-state index contributed by atoms with van der Waals surface area (Å²) in [5, 5.41) is 5.61. The average Bonchev–Trinajstić information content (AvgIpc) is 3.43. The largest absolute Gasteiger partial charge is 0.341 e. The van der Waals surface area contributed by atoms with Gasteiger partial charge in [-0.3, -0.25) is 14.4 Å². The van der Waals surface area contributed by atoms with E-state index >= 15 is 0 Å². The van der Waals surface area contributed by atoms with Gasteiger partial charge < -0.3 is 4.90 Å². The highest BCUT2D eigenvalue weighted by molar-refractivity contribution is 5.83. The number of likely N-dealkylation sites (tertiary alicyclic amines) is 2. The van der Waals surface area contributed by atoms with Crippen LogP contribution in [-0.4, -0.2) is 56.7 Å². The quantitative estimate of drug-likeness (QED) is 0.648. The summed E-state index contributed by atoms with van der Waals surface area (Å²) < 4.78 is 1.87. The number of pyridine rings is 1. The number of hydrogen-bond acceptors (Lipinski definition) is 4. The first kappa shape index (κ1) is 20.2. The van der Waals surface area contributed by atoms with E-state index in [0.717, 1.165) is 67.0 Å². The maximum Gasteiger partial charge on any atom is 0.244 e. The fourth-order valence-corrected chi connectivity index (χ4v) is 5.26. The smallest absolute Gasteiger partial charge is 0.244 e. The molecule has 0 N–H and O–H groups in total. The van der Waals surface area contributed by atoms with Crippen LogP contribution in [0.15, 0.2) is 42.5 Å². The highest BCUT2D eigenvalue weighted by Crippen LogP contribution is 2.32. The Balaban J connectivity index is 1.31. The summed E-state index contributed by atoms with van der Waals surface area (Å²) in [6, 6.07) is 14.5. The Kier molecular flexibility index (Phi) is 5.48. The molecule has 3 aromatic rings. The Morgan fingerprint density at radius 2 is 1.71 bits per heavy atom. The second kappa shape index (κ2) is 8.42. The minimum atomic E-state index is -0.146. The van der Waals surface area contributed by atoms with Gasteiger partial charge in [-0.1, -0.05) is 30.3 Å². The van der Waals surface area contributed by atoms with Gasteiger partial charge in [-0.15, -0.1) is 0 Å². The van der Waals surface area contributed by atoms with E-state index in [1.165, 1.54) is 12.8 Å². The lowest BCUT2D eigenvalue weighted by molar-refractivity contribution is -0.138. The number of carbonyl (C=O) groups is 1. The Morgan fingerprint density at radius 1 is 1.00 bits per heavy atom. The zero-order chi connectivity index (χ0) is 21.4. The third-order valence-electron chi connectivity index (χ3n) is 6.97. The predicted molar refractivity (Wildman–Crippen MR) is 122 cm³/mol. The predicted octanol–water partition coefficient (Wildman–Crippen LogP) is 3.82. The molecule has 0 radical (unpaired) electrons. The molecule has 0 spiro atoms. The van der Waals surface area contributed by atoms with Crippen LogP contribution in [0.25, 0.3) is 11.0 Å². The maximum absolute atomic E-state index is 13.6. The van der Waals surface area contributed by atoms with Crippen LogP contribution in [0.5, 0.6) is 0 Å². The molecule has 1 amide bonds. The molecule has 2 aliphatic heterocycles. The fourth-order valence-electron chi connectivity index (χ4n) is 5.26. The van der Waals surface area contributed by atoms with Crippen molar-refractivity contribution >= 4 is 16.9 Å². The molecule has 0 bridgehead atoms. The molecule has 2 fully saturated rings. The lowest BCUT2D eigenvalue weighted by Crippen LogP contribution is -2.45. The van der Waals surface area contributed by atoms with E-state index in [1.807, 2.05) is 36.9 Å². The summed E-state index contributed by atoms with van der Waals surface area (Å²) in [5.41, 5.74) is 4.22. The molecule has 2 aromatic heterocycles. The van der Waals surface area contributed by atoms with Gasteiger partial charge in [-0.2, -0.15) is 5.10 Å². The van der Waals surface area contributed by atoms with Crippen LogP contribution < -0.4 is 0 Å². The number of carbonyl (C=O) groups excluding carboxylic acids is 1. The van der Waals surface area contributed by atoms with Crippen molar-refractivity contribution in [2.24, 2.45) is 7.05 Å². The highest BCUT2D eigenvalue weighted by Gasteiger charge is 2.34. The summed E-state index contributed by atoms with van der Waals surface area (Å²) in [6.45, 7) is 5.64. The minimum absolute atomic E-state index is 0.146. The van der Waals surface area contributed by atoms with Crippen LogP contribution in [-0.2, 0) is 11.8 Å². The number of nitrogens with zero attached hydrogens (tertiary/aromatic N) is 5. The van der Waals surface area contributed by atoms with Gasteiger partial charge in [0.15, 0.2) is 5.65 Å². The first-order chi connectivity index (χ1) is 15.1. The van der Waals surface area contributed by atoms with Crippen molar-refractivity contribution in [2.45, 2.75) is 44.6 Å². The van der Waals surface area contributed by atoms with E-state index < -0.39 is 0 Å². The fraction of sp³-hybridized carbons (Fsp3) is 0.480. The number of rotatable bonds is 4. The Bertz CT molecular complexity index is 1060. The van der Waals surface area contributed by atoms with Gasteiger partial charge in [0.2, 0.25) is 5.91 Å². The summed E-state index contributed by atoms with van der Waals surface area (Å²) in [6.07, 6.45) is 4.28. The highest BCUT2D eigenvalue weighted by atomic mass is 16.2. The van der Waals surface area contributed by atoms with E-state index in [9.17, 15) is 4.79 Å². The normalized spacial score (nSPS) is 19.2. The van der Waals surface area contributed by atoms with Crippen LogP contribution in [0, 0.1) is 6.92 Å². The lowest BCUT2D eigenvalue weighted by atomic mass is 9.92. The van der Waals surface area contributed by atoms with Crippen molar-refractivity contribution in [1.29, 1.82) is 0 Å². The number of hydrogen-bond donors (Lipinski definition) is 0. The van der Waals surface area contributed by atoms with Crippen molar-refractivity contribution in [3.63, 3.8) is 0 Å². The molecule has 1 aromatic carbocycles. The van der Waals surface area contributed by atoms with E-state index in [4.69, 9.17) is 4.98 Å². The zero-order valence-electron chi connectivity index (χ0n) is 18.5. The zero-order valence-corrected chi connectivity index (χ0v) is 18.5. The Hall–Kier alpha value is -2.73. The second-order valence-electron chi connectivity index (χ2n) is 8.97. The van der Waals surface area contributed by atoms with Crippen LogP contribution in [0.3, 0.4) is 0 Å². The molecule has 31 heavy (non-hydrogen) atoms. The SMILES string of the molecule is Cc1nn(C)c2nc(C3CCN(C(=O)[C@@H](c4ccccc4)N4CCCC4)CC3)ccc12. The number of aryl methyl sites for hydroxylation is 2. The maximum atomic E-state index is 13.6. The van der Waals surface area contributed by atoms with Crippen LogP contribution in [0.1, 0.15) is 54.6 Å². The standard InChI is InChI=1S/C25H31N5O/c1-18-21-10-11-22(26-24(21)28(2)27-18)19-12-16-30(17-13-19)25(31)23(29-14-6-7-15-29)20-8-4-3-5-9-20/h3-5,8-11,19,23H,6-7,12-17H2,1-2H3/t23-/m1/s1. The van der Waals surface area contributed by atoms with Crippen LogP contribution >= 0.6 is 0 Å². The third-order valence-corrected chi connectivity index (χ3v) is 6.97. The van der Waals surface area contributed by atoms with E-state index in [1.54, 1.807) is 0 Å². The molecule has 6 heteroatoms. The number of amides is 1. The second-order valence-corrected chi connectivity index (χ2v) is 8.97. The molecule has 0 unspecified atom stereocenters. The molecule has 6 nitrogen and oxygen atoms in total. The molecule has 2 saturated heterocycles. The molecule has 0 aliphatic carbocycles. The number of benzene rings is 1. The number of fused-ring (bicyclic) bond motifs is 1. The first-order valence-corrected chi connectivity index (χ1v) is 11.5. The molecule has 1 atom stereocenters. The van der Waals surface area contributed by atoms with Gasteiger partial charge in [0.1, 0.15) is 6.04 Å². The summed E-state index contributed by atoms with van der Waals surface area (Å²) >= 11 is 0. The van der Waals surface area contributed by atoms with Crippen molar-refractivity contribution < 1.29 is 4.79 Å². The first-order valence-electron chi connectivity index (χ1n) is 11.5. The van der Waals surface area contributed by atoms with Crippen molar-refractivity contribution in [3.8, 4) is 0 Å². The summed E-state index contributed by atoms with van der Waals surface area (Å²) in [7, 11) is 1.95.